The summed E-state index contributed by atoms with van der Waals surface area (Å²) in [5.74, 6) is 0. The minimum absolute atomic E-state index is 0. The van der Waals surface area contributed by atoms with Crippen LogP contribution in [0.25, 0.3) is 10.2 Å². The van der Waals surface area contributed by atoms with Gasteiger partial charge in [-0.3, -0.25) is 16.2 Å². The minimum Gasteiger partial charge on any atom is -0.386 e. The Balaban J connectivity index is 0.00000120. The number of rotatable bonds is 2. The van der Waals surface area contributed by atoms with Gasteiger partial charge >= 0.3 is 0 Å². The van der Waals surface area contributed by atoms with Gasteiger partial charge in [-0.2, -0.15) is 0 Å². The molecule has 3 rings (SSSR count). The zero-order chi connectivity index (χ0) is 11.7. The molecule has 1 saturated heterocycles. The van der Waals surface area contributed by atoms with Gasteiger partial charge in [-0.15, -0.1) is 10.8 Å². The monoisotopic (exact) mass is 335 g/mol. The zero-order valence-corrected chi connectivity index (χ0v) is 14.2. The molecule has 3 nitrogen and oxygen atoms in total. The number of benzene rings is 1. The van der Waals surface area contributed by atoms with E-state index in [2.05, 4.69) is 45.8 Å². The Kier molecular flexibility index (Phi) is 5.28. The van der Waals surface area contributed by atoms with Crippen molar-refractivity contribution in [3.05, 3.63) is 29.3 Å². The molecule has 1 N–H and O–H groups in total. The second kappa shape index (κ2) is 6.53. The predicted molar refractivity (Wildman–Crippen MR) is 71.3 cm³/mol. The molecular weight excluding hydrogens is 319 g/mol. The SMILES string of the molecule is C[C@H](c1ccc2s[c-]nc2c1)N1CCNCC1.[Y]. The van der Waals surface area contributed by atoms with Gasteiger partial charge in [0.2, 0.25) is 0 Å². The quantitative estimate of drug-likeness (QED) is 0.852. The Labute approximate surface area is 137 Å². The molecule has 0 saturated carbocycles. The van der Waals surface area contributed by atoms with Crippen LogP contribution in [0.15, 0.2) is 18.2 Å². The molecule has 1 aromatic heterocycles. The number of fused-ring (bicyclic) bond motifs is 1. The average molecular weight is 335 g/mol. The van der Waals surface area contributed by atoms with Crippen LogP contribution in [-0.4, -0.2) is 36.1 Å². The van der Waals surface area contributed by atoms with Crippen LogP contribution in [0, 0.1) is 5.51 Å². The number of thiazole rings is 1. The molecule has 2 aromatic rings. The van der Waals surface area contributed by atoms with Gasteiger partial charge in [-0.1, -0.05) is 17.6 Å². The number of hydrogen-bond acceptors (Lipinski definition) is 4. The number of aromatic nitrogens is 1. The van der Waals surface area contributed by atoms with Crippen LogP contribution in [0.5, 0.6) is 0 Å². The van der Waals surface area contributed by atoms with Crippen molar-refractivity contribution in [3.63, 3.8) is 0 Å². The van der Waals surface area contributed by atoms with Gasteiger partial charge in [0.05, 0.1) is 0 Å². The van der Waals surface area contributed by atoms with Crippen molar-refractivity contribution >= 4 is 21.6 Å². The summed E-state index contributed by atoms with van der Waals surface area (Å²) in [4.78, 5) is 6.79. The first-order chi connectivity index (χ1) is 8.34. The molecule has 0 unspecified atom stereocenters. The Morgan fingerprint density at radius 3 is 2.94 bits per heavy atom. The molecule has 1 fully saturated rings. The third kappa shape index (κ3) is 2.99. The van der Waals surface area contributed by atoms with Crippen LogP contribution in [0.2, 0.25) is 0 Å². The van der Waals surface area contributed by atoms with E-state index in [4.69, 9.17) is 0 Å². The maximum atomic E-state index is 4.27. The van der Waals surface area contributed by atoms with E-state index >= 15 is 0 Å². The Morgan fingerprint density at radius 2 is 2.17 bits per heavy atom. The summed E-state index contributed by atoms with van der Waals surface area (Å²) in [6, 6.07) is 7.07. The first-order valence-corrected chi connectivity index (χ1v) is 6.87. The van der Waals surface area contributed by atoms with Gasteiger partial charge in [0.1, 0.15) is 0 Å². The van der Waals surface area contributed by atoms with Gasteiger partial charge in [0, 0.05) is 64.9 Å². The van der Waals surface area contributed by atoms with Gasteiger partial charge in [0.15, 0.2) is 0 Å². The number of nitrogens with one attached hydrogen (secondary N) is 1. The van der Waals surface area contributed by atoms with E-state index in [9.17, 15) is 0 Å². The van der Waals surface area contributed by atoms with Gasteiger partial charge in [0.25, 0.3) is 0 Å². The molecule has 1 radical (unpaired) electrons. The summed E-state index contributed by atoms with van der Waals surface area (Å²) in [6.45, 7) is 6.72. The summed E-state index contributed by atoms with van der Waals surface area (Å²) < 4.78 is 1.22. The molecule has 2 heterocycles. The Morgan fingerprint density at radius 1 is 1.39 bits per heavy atom. The fourth-order valence-corrected chi connectivity index (χ4v) is 2.96. The fraction of sp³-hybridized carbons (Fsp3) is 0.462. The van der Waals surface area contributed by atoms with E-state index in [1.807, 2.05) is 0 Å². The Bertz CT molecular complexity index is 508. The number of nitrogens with zero attached hydrogens (tertiary/aromatic N) is 2. The predicted octanol–water partition coefficient (Wildman–Crippen LogP) is 2.06. The zero-order valence-electron chi connectivity index (χ0n) is 10.5. The summed E-state index contributed by atoms with van der Waals surface area (Å²) >= 11 is 1.58. The maximum Gasteiger partial charge on any atom is 0.0310 e. The normalized spacial score (nSPS) is 18.5. The number of hydrogen-bond donors (Lipinski definition) is 1. The molecule has 18 heavy (non-hydrogen) atoms. The van der Waals surface area contributed by atoms with Crippen molar-refractivity contribution in [2.75, 3.05) is 26.2 Å². The Hall–Kier alpha value is 0.134. The van der Waals surface area contributed by atoms with E-state index in [-0.39, 0.29) is 32.7 Å². The summed E-state index contributed by atoms with van der Waals surface area (Å²) in [6.07, 6.45) is 0. The summed E-state index contributed by atoms with van der Waals surface area (Å²) in [5, 5.41) is 3.39. The average Bonchev–Trinajstić information content (AvgIpc) is 2.86. The first kappa shape index (κ1) is 14.5. The molecule has 5 heteroatoms. The summed E-state index contributed by atoms with van der Waals surface area (Å²) in [7, 11) is 0. The molecule has 1 aromatic carbocycles. The van der Waals surface area contributed by atoms with Crippen molar-refractivity contribution in [1.82, 2.24) is 15.2 Å². The molecule has 1 atom stereocenters. The largest absolute Gasteiger partial charge is 0.386 e. The molecule has 0 spiro atoms. The van der Waals surface area contributed by atoms with E-state index in [0.717, 1.165) is 31.7 Å². The molecule has 93 valence electrons. The van der Waals surface area contributed by atoms with Crippen LogP contribution in [0.3, 0.4) is 0 Å². The van der Waals surface area contributed by atoms with Gasteiger partial charge in [-0.05, 0) is 18.0 Å². The van der Waals surface area contributed by atoms with Crippen LogP contribution >= 0.6 is 11.3 Å². The second-order valence-electron chi connectivity index (χ2n) is 4.49. The van der Waals surface area contributed by atoms with Crippen molar-refractivity contribution in [2.45, 2.75) is 13.0 Å². The van der Waals surface area contributed by atoms with E-state index < -0.39 is 0 Å². The van der Waals surface area contributed by atoms with Crippen LogP contribution < -0.4 is 5.32 Å². The third-order valence-electron chi connectivity index (χ3n) is 3.49. The summed E-state index contributed by atoms with van der Waals surface area (Å²) in [5.41, 5.74) is 5.39. The van der Waals surface area contributed by atoms with E-state index in [1.165, 1.54) is 10.3 Å². The third-order valence-corrected chi connectivity index (χ3v) is 4.23. The van der Waals surface area contributed by atoms with Crippen LogP contribution in [0.4, 0.5) is 0 Å². The van der Waals surface area contributed by atoms with Crippen molar-refractivity contribution in [2.24, 2.45) is 0 Å². The standard InChI is InChI=1S/C13H16N3S.Y/c1-10(16-6-4-14-5-7-16)11-2-3-13-12(8-11)15-9-17-13;/h2-3,8,10,14H,4-7H2,1H3;/q-1;/t10-;/m1./s1. The molecule has 1 aliphatic heterocycles. The maximum absolute atomic E-state index is 4.27. The van der Waals surface area contributed by atoms with Gasteiger partial charge < -0.3 is 10.3 Å². The first-order valence-electron chi connectivity index (χ1n) is 6.06. The van der Waals surface area contributed by atoms with E-state index in [1.54, 1.807) is 11.3 Å². The smallest absolute Gasteiger partial charge is 0.0310 e. The molecule has 1 aliphatic rings. The van der Waals surface area contributed by atoms with E-state index in [0.29, 0.717) is 6.04 Å². The van der Waals surface area contributed by atoms with Crippen molar-refractivity contribution < 1.29 is 32.7 Å². The molecule has 0 bridgehead atoms. The fourth-order valence-electron chi connectivity index (χ4n) is 2.37. The molecule has 0 aliphatic carbocycles. The molecule has 0 amide bonds. The van der Waals surface area contributed by atoms with Crippen molar-refractivity contribution in [1.29, 1.82) is 0 Å². The second-order valence-corrected chi connectivity index (χ2v) is 5.32. The van der Waals surface area contributed by atoms with Crippen LogP contribution in [-0.2, 0) is 32.7 Å². The topological polar surface area (TPSA) is 28.2 Å². The van der Waals surface area contributed by atoms with Gasteiger partial charge in [-0.25, -0.2) is 0 Å². The number of piperazine rings is 1. The molecular formula is C13H16N3SY-. The minimum atomic E-state index is 0. The van der Waals surface area contributed by atoms with Crippen molar-refractivity contribution in [3.8, 4) is 0 Å². The van der Waals surface area contributed by atoms with Crippen LogP contribution in [0.1, 0.15) is 18.5 Å².